The van der Waals surface area contributed by atoms with Gasteiger partial charge in [0, 0.05) is 0 Å². The van der Waals surface area contributed by atoms with Crippen molar-refractivity contribution >= 4 is 35.5 Å². The number of carboxylic acids is 1. The molecule has 0 heterocycles. The predicted molar refractivity (Wildman–Crippen MR) is 128 cm³/mol. The molecule has 0 radical (unpaired) electrons. The summed E-state index contributed by atoms with van der Waals surface area (Å²) < 4.78 is 0. The van der Waals surface area contributed by atoms with Crippen molar-refractivity contribution in [2.75, 3.05) is 18.6 Å². The van der Waals surface area contributed by atoms with Gasteiger partial charge in [-0.25, -0.2) is 4.79 Å². The maximum Gasteiger partial charge on any atom is 0.326 e. The third-order valence-electron chi connectivity index (χ3n) is 5.39. The van der Waals surface area contributed by atoms with Gasteiger partial charge >= 0.3 is 5.97 Å². The van der Waals surface area contributed by atoms with Crippen LogP contribution in [0.2, 0.25) is 0 Å². The first-order valence-corrected chi connectivity index (χ1v) is 12.7. The highest BCUT2D eigenvalue weighted by molar-refractivity contribution is 7.98. The van der Waals surface area contributed by atoms with Crippen molar-refractivity contribution in [2.24, 2.45) is 17.4 Å². The molecule has 0 aliphatic carbocycles. The predicted octanol–water partition coefficient (Wildman–Crippen LogP) is -0.838. The number of hydrogen-bond acceptors (Lipinski definition) is 8. The third kappa shape index (κ3) is 11.7. The molecule has 0 saturated carbocycles. The zero-order valence-electron chi connectivity index (χ0n) is 20.0. The molecule has 0 aromatic rings. The Kier molecular flexibility index (Phi) is 15.7. The first kappa shape index (κ1) is 31.1. The van der Waals surface area contributed by atoms with Crippen LogP contribution in [0.3, 0.4) is 0 Å². The Balaban J connectivity index is 5.38. The van der Waals surface area contributed by atoms with Crippen molar-refractivity contribution in [1.29, 1.82) is 0 Å². The fourth-order valence-corrected chi connectivity index (χ4v) is 3.49. The van der Waals surface area contributed by atoms with Crippen LogP contribution in [0.1, 0.15) is 52.9 Å². The summed E-state index contributed by atoms with van der Waals surface area (Å²) in [5.74, 6) is -2.84. The van der Waals surface area contributed by atoms with E-state index in [9.17, 15) is 29.4 Å². The molecular formula is C21H41N5O6S. The molecule has 9 N–H and O–H groups in total. The van der Waals surface area contributed by atoms with Crippen molar-refractivity contribution in [1.82, 2.24) is 16.0 Å². The summed E-state index contributed by atoms with van der Waals surface area (Å²) in [7, 11) is 0. The molecule has 33 heavy (non-hydrogen) atoms. The van der Waals surface area contributed by atoms with Gasteiger partial charge in [0.15, 0.2) is 0 Å². The van der Waals surface area contributed by atoms with Crippen molar-refractivity contribution < 1.29 is 29.4 Å². The van der Waals surface area contributed by atoms with Crippen LogP contribution < -0.4 is 27.4 Å². The second-order valence-corrected chi connectivity index (χ2v) is 9.16. The zero-order chi connectivity index (χ0) is 25.6. The van der Waals surface area contributed by atoms with Crippen LogP contribution in [0.15, 0.2) is 0 Å². The lowest BCUT2D eigenvalue weighted by Crippen LogP contribution is -2.61. The number of rotatable bonds is 17. The molecular weight excluding hydrogens is 450 g/mol. The normalized spacial score (nSPS) is 16.6. The molecule has 0 rings (SSSR count). The van der Waals surface area contributed by atoms with Gasteiger partial charge in [-0.05, 0) is 57.1 Å². The zero-order valence-corrected chi connectivity index (χ0v) is 20.8. The number of thioether (sulfide) groups is 1. The van der Waals surface area contributed by atoms with E-state index in [0.29, 0.717) is 38.0 Å². The summed E-state index contributed by atoms with van der Waals surface area (Å²) in [5, 5.41) is 27.0. The number of carbonyl (C=O) groups excluding carboxylic acids is 3. The van der Waals surface area contributed by atoms with Gasteiger partial charge in [0.05, 0.1) is 12.1 Å². The number of unbranched alkanes of at least 4 members (excludes halogenated alkanes) is 1. The molecule has 0 saturated heterocycles. The Morgan fingerprint density at radius 2 is 1.52 bits per heavy atom. The monoisotopic (exact) mass is 491 g/mol. The molecule has 0 aliphatic heterocycles. The van der Waals surface area contributed by atoms with Gasteiger partial charge in [-0.2, -0.15) is 11.8 Å². The van der Waals surface area contributed by atoms with Gasteiger partial charge in [0.1, 0.15) is 18.1 Å². The second kappa shape index (κ2) is 16.7. The summed E-state index contributed by atoms with van der Waals surface area (Å²) in [6, 6.07) is -4.33. The number of carbonyl (C=O) groups is 4. The lowest BCUT2D eigenvalue weighted by molar-refractivity contribution is -0.143. The minimum atomic E-state index is -1.32. The van der Waals surface area contributed by atoms with Crippen LogP contribution in [0.4, 0.5) is 0 Å². The van der Waals surface area contributed by atoms with Gasteiger partial charge in [-0.1, -0.05) is 20.3 Å². The topological polar surface area (TPSA) is 197 Å². The van der Waals surface area contributed by atoms with E-state index in [1.165, 1.54) is 18.7 Å². The smallest absolute Gasteiger partial charge is 0.326 e. The molecule has 0 spiro atoms. The van der Waals surface area contributed by atoms with E-state index >= 15 is 0 Å². The molecule has 0 bridgehead atoms. The van der Waals surface area contributed by atoms with E-state index in [2.05, 4.69) is 16.0 Å². The largest absolute Gasteiger partial charge is 0.480 e. The molecule has 6 atom stereocenters. The van der Waals surface area contributed by atoms with Crippen molar-refractivity contribution in [3.63, 3.8) is 0 Å². The number of aliphatic carboxylic acids is 1. The van der Waals surface area contributed by atoms with Gasteiger partial charge in [-0.15, -0.1) is 0 Å². The number of aliphatic hydroxyl groups is 1. The van der Waals surface area contributed by atoms with Crippen LogP contribution in [0, 0.1) is 5.92 Å². The number of aliphatic hydroxyl groups excluding tert-OH is 1. The number of amides is 3. The van der Waals surface area contributed by atoms with Crippen LogP contribution in [0.25, 0.3) is 0 Å². The Morgan fingerprint density at radius 1 is 0.939 bits per heavy atom. The fourth-order valence-electron chi connectivity index (χ4n) is 3.00. The van der Waals surface area contributed by atoms with Crippen molar-refractivity contribution in [2.45, 2.75) is 83.1 Å². The van der Waals surface area contributed by atoms with Crippen molar-refractivity contribution in [3.8, 4) is 0 Å². The standard InChI is InChI=1S/C21H41N5O6S/c1-5-12(2)16(19(29)24-15(21(31)32)8-6-7-10-22)25-20(30)17(13(3)27)26-18(28)14(23)9-11-33-4/h12-17,27H,5-11,22-23H2,1-4H3,(H,24,29)(H,25,30)(H,26,28)(H,31,32). The molecule has 12 heteroatoms. The Hall–Kier alpha value is -1.89. The highest BCUT2D eigenvalue weighted by Crippen LogP contribution is 2.11. The first-order chi connectivity index (χ1) is 15.5. The number of carboxylic acid groups (broad SMARTS) is 1. The number of nitrogens with two attached hydrogens (primary N) is 2. The van der Waals surface area contributed by atoms with Crippen LogP contribution in [-0.4, -0.2) is 82.7 Å². The van der Waals surface area contributed by atoms with E-state index in [-0.39, 0.29) is 12.3 Å². The van der Waals surface area contributed by atoms with Gasteiger partial charge in [0.2, 0.25) is 17.7 Å². The minimum absolute atomic E-state index is 0.208. The Labute approximate surface area is 200 Å². The lowest BCUT2D eigenvalue weighted by Gasteiger charge is -2.29. The van der Waals surface area contributed by atoms with Crippen molar-refractivity contribution in [3.05, 3.63) is 0 Å². The molecule has 0 aromatic heterocycles. The summed E-state index contributed by atoms with van der Waals surface area (Å²) in [6.07, 6.45) is 2.92. The summed E-state index contributed by atoms with van der Waals surface area (Å²) in [5.41, 5.74) is 11.3. The third-order valence-corrected chi connectivity index (χ3v) is 6.03. The average molecular weight is 492 g/mol. The SMILES string of the molecule is CCC(C)C(NC(=O)C(NC(=O)C(N)CCSC)C(C)O)C(=O)NC(CCCCN)C(=O)O. The average Bonchev–Trinajstić information content (AvgIpc) is 2.77. The Morgan fingerprint density at radius 3 is 2.00 bits per heavy atom. The number of nitrogens with one attached hydrogen (secondary N) is 3. The van der Waals surface area contributed by atoms with E-state index in [0.717, 1.165) is 0 Å². The van der Waals surface area contributed by atoms with Crippen LogP contribution in [-0.2, 0) is 19.2 Å². The van der Waals surface area contributed by atoms with E-state index in [4.69, 9.17) is 11.5 Å². The van der Waals surface area contributed by atoms with E-state index in [1.807, 2.05) is 13.2 Å². The highest BCUT2D eigenvalue weighted by Gasteiger charge is 2.34. The molecule has 3 amide bonds. The fraction of sp³-hybridized carbons (Fsp3) is 0.810. The molecule has 0 aliphatic rings. The van der Waals surface area contributed by atoms with Crippen LogP contribution in [0.5, 0.6) is 0 Å². The van der Waals surface area contributed by atoms with E-state index in [1.54, 1.807) is 6.92 Å². The number of hydrogen-bond donors (Lipinski definition) is 7. The molecule has 192 valence electrons. The summed E-state index contributed by atoms with van der Waals surface area (Å²) in [4.78, 5) is 49.6. The minimum Gasteiger partial charge on any atom is -0.480 e. The van der Waals surface area contributed by atoms with E-state index < -0.39 is 54.0 Å². The Bertz CT molecular complexity index is 636. The molecule has 0 fully saturated rings. The molecule has 0 aromatic carbocycles. The second-order valence-electron chi connectivity index (χ2n) is 8.17. The van der Waals surface area contributed by atoms with Gasteiger partial charge in [0.25, 0.3) is 0 Å². The summed E-state index contributed by atoms with van der Waals surface area (Å²) in [6.45, 7) is 5.32. The maximum absolute atomic E-state index is 12.9. The lowest BCUT2D eigenvalue weighted by atomic mass is 9.96. The van der Waals surface area contributed by atoms with Crippen LogP contribution >= 0.6 is 11.8 Å². The summed E-state index contributed by atoms with van der Waals surface area (Å²) >= 11 is 1.53. The quantitative estimate of drug-likeness (QED) is 0.127. The molecule has 11 nitrogen and oxygen atoms in total. The van der Waals surface area contributed by atoms with Gasteiger partial charge < -0.3 is 37.6 Å². The first-order valence-electron chi connectivity index (χ1n) is 11.3. The van der Waals surface area contributed by atoms with Gasteiger partial charge in [-0.3, -0.25) is 14.4 Å². The maximum atomic E-state index is 12.9. The molecule has 6 unspecified atom stereocenters. The highest BCUT2D eigenvalue weighted by atomic mass is 32.2.